The first kappa shape index (κ1) is 23.0. The Hall–Kier alpha value is -2.22. The van der Waals surface area contributed by atoms with Gasteiger partial charge in [0.05, 0.1) is 11.3 Å². The second kappa shape index (κ2) is 10.6. The molecule has 2 fully saturated rings. The summed E-state index contributed by atoms with van der Waals surface area (Å²) in [5, 5.41) is 2.96. The molecule has 0 saturated carbocycles. The van der Waals surface area contributed by atoms with Crippen LogP contribution in [0.1, 0.15) is 48.8 Å². The van der Waals surface area contributed by atoms with Gasteiger partial charge in [0, 0.05) is 26.2 Å². The third-order valence-corrected chi connectivity index (χ3v) is 8.27. The highest BCUT2D eigenvalue weighted by molar-refractivity contribution is 7.89. The number of carbonyl (C=O) groups excluding carboxylic acids is 1. The first-order valence-electron chi connectivity index (χ1n) is 11.7. The normalized spacial score (nSPS) is 18.0. The van der Waals surface area contributed by atoms with Crippen LogP contribution in [0.5, 0.6) is 0 Å². The van der Waals surface area contributed by atoms with Crippen molar-refractivity contribution in [3.63, 3.8) is 0 Å². The minimum atomic E-state index is -3.44. The number of hydrogen-bond donors (Lipinski definition) is 1. The molecular formula is C25H33N3O3S. The summed E-state index contributed by atoms with van der Waals surface area (Å²) >= 11 is 0. The second-order valence-corrected chi connectivity index (χ2v) is 10.8. The summed E-state index contributed by atoms with van der Waals surface area (Å²) in [6.07, 6.45) is 5.74. The van der Waals surface area contributed by atoms with Crippen LogP contribution in [0.2, 0.25) is 0 Å². The number of carbonyl (C=O) groups is 1. The molecular weight excluding hydrogens is 422 g/mol. The molecule has 32 heavy (non-hydrogen) atoms. The van der Waals surface area contributed by atoms with Crippen LogP contribution in [-0.2, 0) is 34.3 Å². The first-order chi connectivity index (χ1) is 15.5. The van der Waals surface area contributed by atoms with Gasteiger partial charge in [-0.25, -0.2) is 8.42 Å². The lowest BCUT2D eigenvalue weighted by atomic mass is 10.1. The van der Waals surface area contributed by atoms with E-state index in [1.54, 1.807) is 28.6 Å². The zero-order valence-corrected chi connectivity index (χ0v) is 19.4. The van der Waals surface area contributed by atoms with E-state index in [1.807, 2.05) is 0 Å². The molecule has 6 nitrogen and oxygen atoms in total. The van der Waals surface area contributed by atoms with Crippen LogP contribution in [-0.4, -0.2) is 49.7 Å². The molecule has 2 aliphatic rings. The van der Waals surface area contributed by atoms with Crippen LogP contribution in [0.25, 0.3) is 0 Å². The smallest absolute Gasteiger partial charge is 0.243 e. The molecule has 7 heteroatoms. The van der Waals surface area contributed by atoms with Crippen molar-refractivity contribution in [2.24, 2.45) is 0 Å². The summed E-state index contributed by atoms with van der Waals surface area (Å²) in [6.45, 7) is 5.03. The molecule has 172 valence electrons. The predicted molar refractivity (Wildman–Crippen MR) is 126 cm³/mol. The van der Waals surface area contributed by atoms with Gasteiger partial charge < -0.3 is 5.32 Å². The molecule has 0 bridgehead atoms. The molecule has 0 atom stereocenters. The molecule has 4 rings (SSSR count). The van der Waals surface area contributed by atoms with Gasteiger partial charge in [0.25, 0.3) is 0 Å². The lowest BCUT2D eigenvalue weighted by Gasteiger charge is -2.25. The lowest BCUT2D eigenvalue weighted by Crippen LogP contribution is -2.35. The number of nitrogens with one attached hydrogen (secondary N) is 1. The average Bonchev–Trinajstić information content (AvgIpc) is 3.33. The van der Waals surface area contributed by atoms with Crippen LogP contribution >= 0.6 is 0 Å². The largest absolute Gasteiger partial charge is 0.352 e. The Labute approximate surface area is 191 Å². The SMILES string of the molecule is O=C(Cc1ccc(S(=O)(=O)N2CCCCC2)cc1)NCc1ccc(CN2CCCC2)cc1. The van der Waals surface area contributed by atoms with Gasteiger partial charge in [0.15, 0.2) is 0 Å². The Morgan fingerprint density at radius 3 is 1.97 bits per heavy atom. The number of nitrogens with zero attached hydrogens (tertiary/aromatic N) is 2. The zero-order valence-electron chi connectivity index (χ0n) is 18.6. The van der Waals surface area contributed by atoms with Gasteiger partial charge in [-0.2, -0.15) is 4.31 Å². The molecule has 0 spiro atoms. The van der Waals surface area contributed by atoms with E-state index < -0.39 is 10.0 Å². The van der Waals surface area contributed by atoms with E-state index in [0.717, 1.165) is 36.9 Å². The fourth-order valence-corrected chi connectivity index (χ4v) is 5.96. The van der Waals surface area contributed by atoms with Gasteiger partial charge in [-0.3, -0.25) is 9.69 Å². The Morgan fingerprint density at radius 2 is 1.31 bits per heavy atom. The van der Waals surface area contributed by atoms with Crippen LogP contribution in [0, 0.1) is 0 Å². The van der Waals surface area contributed by atoms with Crippen LogP contribution in [0.4, 0.5) is 0 Å². The second-order valence-electron chi connectivity index (χ2n) is 8.86. The van der Waals surface area contributed by atoms with E-state index in [9.17, 15) is 13.2 Å². The van der Waals surface area contributed by atoms with Crippen molar-refractivity contribution < 1.29 is 13.2 Å². The van der Waals surface area contributed by atoms with Crippen LogP contribution in [0.15, 0.2) is 53.4 Å². The summed E-state index contributed by atoms with van der Waals surface area (Å²) in [6, 6.07) is 15.1. The Kier molecular flexibility index (Phi) is 7.60. The van der Waals surface area contributed by atoms with Crippen LogP contribution in [0.3, 0.4) is 0 Å². The maximum atomic E-state index is 12.7. The molecule has 1 N–H and O–H groups in total. The number of hydrogen-bond acceptors (Lipinski definition) is 4. The summed E-state index contributed by atoms with van der Waals surface area (Å²) < 4.78 is 27.1. The molecule has 2 aromatic carbocycles. The molecule has 2 heterocycles. The van der Waals surface area contributed by atoms with Gasteiger partial charge in [-0.1, -0.05) is 42.8 Å². The number of rotatable bonds is 8. The van der Waals surface area contributed by atoms with Crippen molar-refractivity contribution in [3.8, 4) is 0 Å². The Balaban J connectivity index is 1.26. The number of piperidine rings is 1. The highest BCUT2D eigenvalue weighted by Gasteiger charge is 2.25. The number of benzene rings is 2. The van der Waals surface area contributed by atoms with Crippen molar-refractivity contribution in [1.82, 2.24) is 14.5 Å². The zero-order chi connectivity index (χ0) is 22.4. The highest BCUT2D eigenvalue weighted by Crippen LogP contribution is 2.21. The molecule has 2 saturated heterocycles. The van der Waals surface area contributed by atoms with Crippen molar-refractivity contribution in [3.05, 3.63) is 65.2 Å². The quantitative estimate of drug-likeness (QED) is 0.663. The molecule has 0 aromatic heterocycles. The van der Waals surface area contributed by atoms with Crippen molar-refractivity contribution in [1.29, 1.82) is 0 Å². The van der Waals surface area contributed by atoms with Gasteiger partial charge in [0.2, 0.25) is 15.9 Å². The topological polar surface area (TPSA) is 69.7 Å². The van der Waals surface area contributed by atoms with Crippen LogP contribution < -0.4 is 5.32 Å². The van der Waals surface area contributed by atoms with Crippen molar-refractivity contribution in [2.45, 2.75) is 56.5 Å². The summed E-state index contributed by atoms with van der Waals surface area (Å²) in [7, 11) is -3.44. The van der Waals surface area contributed by atoms with E-state index >= 15 is 0 Å². The van der Waals surface area contributed by atoms with E-state index in [-0.39, 0.29) is 12.3 Å². The fraction of sp³-hybridized carbons (Fsp3) is 0.480. The molecule has 2 aliphatic heterocycles. The molecule has 0 unspecified atom stereocenters. The predicted octanol–water partition coefficient (Wildman–Crippen LogP) is 3.32. The Bertz CT molecular complexity index is 992. The summed E-state index contributed by atoms with van der Waals surface area (Å²) in [5.74, 6) is -0.0715. The number of likely N-dealkylation sites (tertiary alicyclic amines) is 1. The highest BCUT2D eigenvalue weighted by atomic mass is 32.2. The van der Waals surface area contributed by atoms with E-state index in [2.05, 4.69) is 34.5 Å². The molecule has 2 aromatic rings. The number of sulfonamides is 1. The third-order valence-electron chi connectivity index (χ3n) is 6.36. The average molecular weight is 456 g/mol. The third kappa shape index (κ3) is 5.97. The fourth-order valence-electron chi connectivity index (χ4n) is 4.44. The van der Waals surface area contributed by atoms with Crippen molar-refractivity contribution >= 4 is 15.9 Å². The first-order valence-corrected chi connectivity index (χ1v) is 13.1. The van der Waals surface area contributed by atoms with E-state index in [1.165, 1.54) is 31.5 Å². The van der Waals surface area contributed by atoms with Gasteiger partial charge >= 0.3 is 0 Å². The lowest BCUT2D eigenvalue weighted by molar-refractivity contribution is -0.120. The van der Waals surface area contributed by atoms with Gasteiger partial charge in [-0.15, -0.1) is 0 Å². The minimum absolute atomic E-state index is 0.0715. The monoisotopic (exact) mass is 455 g/mol. The van der Waals surface area contributed by atoms with E-state index in [0.29, 0.717) is 24.5 Å². The standard InChI is InChI=1S/C25H33N3O3S/c29-25(26-19-22-6-8-23(9-7-22)20-27-14-4-5-15-27)18-21-10-12-24(13-11-21)32(30,31)28-16-2-1-3-17-28/h6-13H,1-5,14-20H2,(H,26,29). The van der Waals surface area contributed by atoms with Gasteiger partial charge in [-0.05, 0) is 67.6 Å². The van der Waals surface area contributed by atoms with Gasteiger partial charge in [0.1, 0.15) is 0 Å². The maximum Gasteiger partial charge on any atom is 0.243 e. The summed E-state index contributed by atoms with van der Waals surface area (Å²) in [5.41, 5.74) is 3.19. The van der Waals surface area contributed by atoms with Crippen molar-refractivity contribution in [2.75, 3.05) is 26.2 Å². The molecule has 0 aliphatic carbocycles. The summed E-state index contributed by atoms with van der Waals surface area (Å²) in [4.78, 5) is 15.1. The molecule has 1 amide bonds. The maximum absolute atomic E-state index is 12.7. The van der Waals surface area contributed by atoms with E-state index in [4.69, 9.17) is 0 Å². The number of amides is 1. The minimum Gasteiger partial charge on any atom is -0.352 e. The Morgan fingerprint density at radius 1 is 0.750 bits per heavy atom. The molecule has 0 radical (unpaired) electrons.